The maximum Gasteiger partial charge on any atom is 0.446 e. The predicted molar refractivity (Wildman–Crippen MR) is 58.7 cm³/mol. The third-order valence-electron chi connectivity index (χ3n) is 2.56. The number of benzene rings is 1. The van der Waals surface area contributed by atoms with Gasteiger partial charge in [0, 0.05) is 23.8 Å². The average Bonchev–Trinajstić information content (AvgIpc) is 2.63. The minimum atomic E-state index is -4.26. The molecular weight excluding hydrogens is 251 g/mol. The van der Waals surface area contributed by atoms with Crippen molar-refractivity contribution in [2.75, 3.05) is 6.54 Å². The Balaban J connectivity index is 2.05. The van der Waals surface area contributed by atoms with Crippen LogP contribution in [0.5, 0.6) is 0 Å². The van der Waals surface area contributed by atoms with E-state index < -0.39 is 5.51 Å². The summed E-state index contributed by atoms with van der Waals surface area (Å²) in [6.07, 6.45) is 0.408. The van der Waals surface area contributed by atoms with E-state index in [1.807, 2.05) is 0 Å². The van der Waals surface area contributed by atoms with E-state index in [1.54, 1.807) is 12.1 Å². The molecule has 0 saturated carbocycles. The molecule has 2 rings (SSSR count). The van der Waals surface area contributed by atoms with Crippen LogP contribution in [0.2, 0.25) is 0 Å². The number of amides is 1. The predicted octanol–water partition coefficient (Wildman–Crippen LogP) is 2.90. The molecule has 0 radical (unpaired) electrons. The first-order chi connectivity index (χ1) is 7.94. The van der Waals surface area contributed by atoms with E-state index in [2.05, 4.69) is 5.32 Å². The Morgan fingerprint density at radius 1 is 1.24 bits per heavy atom. The number of carbonyl (C=O) groups is 1. The van der Waals surface area contributed by atoms with Crippen molar-refractivity contribution in [3.63, 3.8) is 0 Å². The molecule has 0 spiro atoms. The zero-order valence-electron chi connectivity index (χ0n) is 8.75. The normalized spacial score (nSPS) is 20.4. The lowest BCUT2D eigenvalue weighted by atomic mass is 9.99. The van der Waals surface area contributed by atoms with Gasteiger partial charge in [0.25, 0.3) is 0 Å². The summed E-state index contributed by atoms with van der Waals surface area (Å²) in [6, 6.07) is 6.19. The molecule has 1 amide bonds. The third kappa shape index (κ3) is 3.39. The molecule has 1 aliphatic rings. The summed E-state index contributed by atoms with van der Waals surface area (Å²) in [6.45, 7) is 0.560. The van der Waals surface area contributed by atoms with Gasteiger partial charge in [-0.25, -0.2) is 0 Å². The highest BCUT2D eigenvalue weighted by Gasteiger charge is 2.29. The monoisotopic (exact) mass is 261 g/mol. The summed E-state index contributed by atoms with van der Waals surface area (Å²) in [5, 5.41) is 2.70. The first-order valence-corrected chi connectivity index (χ1v) is 5.88. The Morgan fingerprint density at radius 2 is 1.88 bits per heavy atom. The maximum atomic E-state index is 12.1. The van der Waals surface area contributed by atoms with Crippen molar-refractivity contribution in [3.8, 4) is 0 Å². The van der Waals surface area contributed by atoms with Gasteiger partial charge >= 0.3 is 5.51 Å². The second kappa shape index (κ2) is 4.60. The minimum Gasteiger partial charge on any atom is -0.355 e. The Morgan fingerprint density at radius 3 is 2.35 bits per heavy atom. The quantitative estimate of drug-likeness (QED) is 0.829. The summed E-state index contributed by atoms with van der Waals surface area (Å²) in [4.78, 5) is 11.2. The minimum absolute atomic E-state index is 0.0104. The number of halogens is 3. The van der Waals surface area contributed by atoms with E-state index in [0.29, 0.717) is 13.0 Å². The summed E-state index contributed by atoms with van der Waals surface area (Å²) < 4.78 is 36.3. The van der Waals surface area contributed by atoms with Crippen LogP contribution in [-0.2, 0) is 4.79 Å². The van der Waals surface area contributed by atoms with Crippen LogP contribution in [-0.4, -0.2) is 18.0 Å². The van der Waals surface area contributed by atoms with Crippen LogP contribution >= 0.6 is 11.8 Å². The summed E-state index contributed by atoms with van der Waals surface area (Å²) in [7, 11) is 0. The van der Waals surface area contributed by atoms with Gasteiger partial charge in [0.15, 0.2) is 0 Å². The van der Waals surface area contributed by atoms with Gasteiger partial charge in [-0.1, -0.05) is 12.1 Å². The van der Waals surface area contributed by atoms with Crippen molar-refractivity contribution in [2.24, 2.45) is 0 Å². The van der Waals surface area contributed by atoms with E-state index in [1.165, 1.54) is 12.1 Å². The van der Waals surface area contributed by atoms with Crippen LogP contribution in [0.1, 0.15) is 17.9 Å². The Bertz CT molecular complexity index is 416. The molecule has 1 saturated heterocycles. The van der Waals surface area contributed by atoms with Crippen molar-refractivity contribution < 1.29 is 18.0 Å². The lowest BCUT2D eigenvalue weighted by molar-refractivity contribution is -0.119. The number of alkyl halides is 3. The van der Waals surface area contributed by atoms with Gasteiger partial charge in [0.05, 0.1) is 0 Å². The molecule has 1 N–H and O–H groups in total. The van der Waals surface area contributed by atoms with E-state index in [0.717, 1.165) is 5.56 Å². The van der Waals surface area contributed by atoms with Crippen LogP contribution in [0.15, 0.2) is 29.2 Å². The topological polar surface area (TPSA) is 29.1 Å². The molecule has 1 unspecified atom stereocenters. The van der Waals surface area contributed by atoms with Gasteiger partial charge in [-0.2, -0.15) is 13.2 Å². The van der Waals surface area contributed by atoms with Crippen molar-refractivity contribution in [1.29, 1.82) is 0 Å². The molecule has 2 nitrogen and oxygen atoms in total. The lowest BCUT2D eigenvalue weighted by Crippen LogP contribution is -2.13. The van der Waals surface area contributed by atoms with E-state index in [9.17, 15) is 18.0 Å². The van der Waals surface area contributed by atoms with Crippen molar-refractivity contribution in [1.82, 2.24) is 5.32 Å². The molecule has 1 aromatic carbocycles. The highest BCUT2D eigenvalue weighted by atomic mass is 32.2. The number of carbonyl (C=O) groups excluding carboxylic acids is 1. The molecule has 0 bridgehead atoms. The fourth-order valence-corrected chi connectivity index (χ4v) is 2.32. The number of nitrogens with one attached hydrogen (secondary N) is 1. The molecule has 17 heavy (non-hydrogen) atoms. The number of hydrogen-bond acceptors (Lipinski definition) is 2. The highest BCUT2D eigenvalue weighted by Crippen LogP contribution is 2.37. The molecule has 1 heterocycles. The largest absolute Gasteiger partial charge is 0.446 e. The first kappa shape index (κ1) is 12.3. The molecule has 0 aromatic heterocycles. The second-order valence-corrected chi connectivity index (χ2v) is 4.96. The van der Waals surface area contributed by atoms with Crippen molar-refractivity contribution >= 4 is 17.7 Å². The molecule has 92 valence electrons. The summed E-state index contributed by atoms with van der Waals surface area (Å²) in [5.41, 5.74) is -3.36. The SMILES string of the molecule is O=C1CC(c2ccc(SC(F)(F)F)cc2)CN1. The second-order valence-electron chi connectivity index (χ2n) is 3.82. The van der Waals surface area contributed by atoms with E-state index in [4.69, 9.17) is 0 Å². The summed E-state index contributed by atoms with van der Waals surface area (Å²) >= 11 is -0.130. The Kier molecular flexibility index (Phi) is 3.33. The van der Waals surface area contributed by atoms with Crippen LogP contribution < -0.4 is 5.32 Å². The summed E-state index contributed by atoms with van der Waals surface area (Å²) in [5.74, 6) is 0.0659. The van der Waals surface area contributed by atoms with E-state index >= 15 is 0 Å². The zero-order valence-corrected chi connectivity index (χ0v) is 9.57. The zero-order chi connectivity index (χ0) is 12.5. The highest BCUT2D eigenvalue weighted by molar-refractivity contribution is 8.00. The van der Waals surface area contributed by atoms with E-state index in [-0.39, 0.29) is 28.5 Å². The van der Waals surface area contributed by atoms with Gasteiger partial charge in [-0.05, 0) is 29.5 Å². The van der Waals surface area contributed by atoms with Crippen molar-refractivity contribution in [2.45, 2.75) is 22.7 Å². The van der Waals surface area contributed by atoms with Gasteiger partial charge in [-0.15, -0.1) is 0 Å². The lowest BCUT2D eigenvalue weighted by Gasteiger charge is -2.09. The number of hydrogen-bond donors (Lipinski definition) is 1. The molecule has 6 heteroatoms. The van der Waals surface area contributed by atoms with Crippen LogP contribution in [0, 0.1) is 0 Å². The Hall–Kier alpha value is -1.17. The smallest absolute Gasteiger partial charge is 0.355 e. The molecule has 1 atom stereocenters. The van der Waals surface area contributed by atoms with Gasteiger partial charge in [0.1, 0.15) is 0 Å². The maximum absolute atomic E-state index is 12.1. The number of rotatable bonds is 2. The van der Waals surface area contributed by atoms with Gasteiger partial charge in [-0.3, -0.25) is 4.79 Å². The number of thioether (sulfide) groups is 1. The molecule has 1 fully saturated rings. The third-order valence-corrected chi connectivity index (χ3v) is 3.30. The molecule has 0 aliphatic carbocycles. The van der Waals surface area contributed by atoms with Crippen LogP contribution in [0.25, 0.3) is 0 Å². The average molecular weight is 261 g/mol. The molecule has 1 aromatic rings. The van der Waals surface area contributed by atoms with Gasteiger partial charge in [0.2, 0.25) is 5.91 Å². The van der Waals surface area contributed by atoms with Crippen molar-refractivity contribution in [3.05, 3.63) is 29.8 Å². The fourth-order valence-electron chi connectivity index (χ4n) is 1.78. The van der Waals surface area contributed by atoms with Crippen LogP contribution in [0.4, 0.5) is 13.2 Å². The van der Waals surface area contributed by atoms with Gasteiger partial charge < -0.3 is 5.32 Å². The standard InChI is InChI=1S/C11H10F3NOS/c12-11(13,14)17-9-3-1-7(2-4-9)8-5-10(16)15-6-8/h1-4,8H,5-6H2,(H,15,16). The van der Waals surface area contributed by atoms with Crippen LogP contribution in [0.3, 0.4) is 0 Å². The molecular formula is C11H10F3NOS. The Labute approximate surface area is 101 Å². The first-order valence-electron chi connectivity index (χ1n) is 5.06. The fraction of sp³-hybridized carbons (Fsp3) is 0.364. The molecule has 1 aliphatic heterocycles.